The van der Waals surface area contributed by atoms with Gasteiger partial charge in [-0.15, -0.1) is 0 Å². The lowest BCUT2D eigenvalue weighted by atomic mass is 9.58. The van der Waals surface area contributed by atoms with Crippen LogP contribution >= 0.6 is 0 Å². The Morgan fingerprint density at radius 3 is 2.74 bits per heavy atom. The Hall–Kier alpha value is -2.37. The summed E-state index contributed by atoms with van der Waals surface area (Å²) in [6.07, 6.45) is 5.09. The maximum absolute atomic E-state index is 12.7. The van der Waals surface area contributed by atoms with Gasteiger partial charge in [-0.05, 0) is 38.2 Å². The highest BCUT2D eigenvalue weighted by molar-refractivity contribution is 5.96. The minimum atomic E-state index is -0.817. The summed E-state index contributed by atoms with van der Waals surface area (Å²) in [5.41, 5.74) is 0.644. The fraction of sp³-hybridized carbons (Fsp3) is 0.571. The van der Waals surface area contributed by atoms with Gasteiger partial charge >= 0.3 is 17.9 Å². The van der Waals surface area contributed by atoms with Gasteiger partial charge in [0.1, 0.15) is 11.9 Å². The van der Waals surface area contributed by atoms with Crippen molar-refractivity contribution in [2.75, 3.05) is 7.11 Å². The predicted molar refractivity (Wildman–Crippen MR) is 97.1 cm³/mol. The molecule has 6 nitrogen and oxygen atoms in total. The van der Waals surface area contributed by atoms with E-state index in [0.717, 1.165) is 6.42 Å². The van der Waals surface area contributed by atoms with Crippen LogP contribution < -0.4 is 0 Å². The van der Waals surface area contributed by atoms with Gasteiger partial charge in [-0.25, -0.2) is 9.59 Å². The van der Waals surface area contributed by atoms with E-state index in [1.54, 1.807) is 13.8 Å². The Labute approximate surface area is 159 Å². The number of carbonyl (C=O) groups excluding carboxylic acids is 3. The van der Waals surface area contributed by atoms with Crippen LogP contribution in [-0.2, 0) is 28.6 Å². The molecular formula is C21H26O6. The summed E-state index contributed by atoms with van der Waals surface area (Å²) < 4.78 is 16.4. The van der Waals surface area contributed by atoms with E-state index < -0.39 is 23.5 Å². The lowest BCUT2D eigenvalue weighted by molar-refractivity contribution is -0.160. The van der Waals surface area contributed by atoms with E-state index in [4.69, 9.17) is 14.2 Å². The molecule has 0 aromatic heterocycles. The fourth-order valence-corrected chi connectivity index (χ4v) is 4.17. The van der Waals surface area contributed by atoms with Crippen molar-refractivity contribution in [2.24, 2.45) is 17.3 Å². The number of allylic oxidation sites excluding steroid dienone is 2. The Bertz CT molecular complexity index is 786. The molecule has 0 saturated heterocycles. The molecule has 0 spiro atoms. The van der Waals surface area contributed by atoms with Gasteiger partial charge in [0.25, 0.3) is 0 Å². The first kappa shape index (κ1) is 19.4. The van der Waals surface area contributed by atoms with Gasteiger partial charge in [-0.2, -0.15) is 0 Å². The van der Waals surface area contributed by atoms with Crippen LogP contribution in [0.3, 0.4) is 0 Å². The number of ether oxygens (including phenoxy) is 3. The standard InChI is InChI=1S/C21H26O6/c1-6-11(2)18(22)27-17-16-12(3)19(23)26-15(16)10-13-8-7-9-14(20(24)25-5)21(13,17)4/h9-11,13,17H,6-8H2,1-5H3/t11-,13-,17-,21+/m1/s1. The van der Waals surface area contributed by atoms with Gasteiger partial charge in [-0.3, -0.25) is 4.79 Å². The molecule has 0 N–H and O–H groups in total. The number of fused-ring (bicyclic) bond motifs is 2. The molecule has 0 unspecified atom stereocenters. The van der Waals surface area contributed by atoms with Crippen LogP contribution in [0, 0.1) is 17.3 Å². The lowest BCUT2D eigenvalue weighted by Crippen LogP contribution is -2.50. The Morgan fingerprint density at radius 1 is 1.41 bits per heavy atom. The Morgan fingerprint density at radius 2 is 2.11 bits per heavy atom. The molecule has 0 aromatic rings. The zero-order valence-corrected chi connectivity index (χ0v) is 16.5. The average Bonchev–Trinajstić information content (AvgIpc) is 2.93. The second-order valence-corrected chi connectivity index (χ2v) is 7.66. The first-order valence-corrected chi connectivity index (χ1v) is 9.40. The van der Waals surface area contributed by atoms with Crippen molar-refractivity contribution in [1.82, 2.24) is 0 Å². The third-order valence-corrected chi connectivity index (χ3v) is 6.17. The smallest absolute Gasteiger partial charge is 0.339 e. The van der Waals surface area contributed by atoms with Gasteiger partial charge in [0.15, 0.2) is 0 Å². The summed E-state index contributed by atoms with van der Waals surface area (Å²) in [6, 6.07) is 0. The molecule has 0 radical (unpaired) electrons. The van der Waals surface area contributed by atoms with E-state index in [1.165, 1.54) is 7.11 Å². The molecule has 0 bridgehead atoms. The molecule has 146 valence electrons. The second-order valence-electron chi connectivity index (χ2n) is 7.66. The lowest BCUT2D eigenvalue weighted by Gasteiger charge is -2.48. The van der Waals surface area contributed by atoms with Crippen molar-refractivity contribution in [3.63, 3.8) is 0 Å². The minimum absolute atomic E-state index is 0.108. The topological polar surface area (TPSA) is 78.9 Å². The van der Waals surface area contributed by atoms with Gasteiger partial charge in [0.05, 0.1) is 13.0 Å². The van der Waals surface area contributed by atoms with Crippen LogP contribution in [-0.4, -0.2) is 31.1 Å². The van der Waals surface area contributed by atoms with Crippen molar-refractivity contribution < 1.29 is 28.6 Å². The zero-order valence-electron chi connectivity index (χ0n) is 16.5. The third-order valence-electron chi connectivity index (χ3n) is 6.17. The monoisotopic (exact) mass is 374 g/mol. The summed E-state index contributed by atoms with van der Waals surface area (Å²) in [6.45, 7) is 7.29. The van der Waals surface area contributed by atoms with E-state index in [2.05, 4.69) is 0 Å². The molecule has 0 saturated carbocycles. The van der Waals surface area contributed by atoms with Crippen LogP contribution in [0.4, 0.5) is 0 Å². The summed E-state index contributed by atoms with van der Waals surface area (Å²) >= 11 is 0. The van der Waals surface area contributed by atoms with E-state index in [-0.39, 0.29) is 17.8 Å². The summed E-state index contributed by atoms with van der Waals surface area (Å²) in [7, 11) is 1.34. The van der Waals surface area contributed by atoms with E-state index in [0.29, 0.717) is 35.3 Å². The van der Waals surface area contributed by atoms with Crippen LogP contribution in [0.1, 0.15) is 47.0 Å². The highest BCUT2D eigenvalue weighted by Gasteiger charge is 2.56. The molecule has 6 heteroatoms. The number of esters is 3. The first-order chi connectivity index (χ1) is 12.7. The molecule has 27 heavy (non-hydrogen) atoms. The maximum atomic E-state index is 12.7. The molecule has 3 rings (SSSR count). The van der Waals surface area contributed by atoms with Crippen LogP contribution in [0.15, 0.2) is 34.6 Å². The number of hydrogen-bond acceptors (Lipinski definition) is 6. The molecule has 4 atom stereocenters. The van der Waals surface area contributed by atoms with E-state index in [9.17, 15) is 14.4 Å². The maximum Gasteiger partial charge on any atom is 0.339 e. The van der Waals surface area contributed by atoms with Crippen LogP contribution in [0.25, 0.3) is 0 Å². The summed E-state index contributed by atoms with van der Waals surface area (Å²) in [4.78, 5) is 37.4. The third kappa shape index (κ3) is 2.91. The largest absolute Gasteiger partial charge is 0.466 e. The Balaban J connectivity index is 2.16. The molecule has 0 aromatic carbocycles. The van der Waals surface area contributed by atoms with Gasteiger partial charge < -0.3 is 14.2 Å². The van der Waals surface area contributed by atoms with Gasteiger partial charge in [0, 0.05) is 22.1 Å². The van der Waals surface area contributed by atoms with Gasteiger partial charge in [0.2, 0.25) is 0 Å². The quantitative estimate of drug-likeness (QED) is 0.555. The van der Waals surface area contributed by atoms with Gasteiger partial charge in [-0.1, -0.05) is 26.8 Å². The molecule has 1 heterocycles. The molecule has 0 amide bonds. The molecule has 1 aliphatic heterocycles. The van der Waals surface area contributed by atoms with E-state index >= 15 is 0 Å². The van der Waals surface area contributed by atoms with Crippen LogP contribution in [0.2, 0.25) is 0 Å². The number of methoxy groups -OCH3 is 1. The van der Waals surface area contributed by atoms with Crippen molar-refractivity contribution in [1.29, 1.82) is 0 Å². The first-order valence-electron chi connectivity index (χ1n) is 9.40. The Kier molecular flexibility index (Phi) is 5.02. The normalized spacial score (nSPS) is 30.5. The minimum Gasteiger partial charge on any atom is -0.466 e. The van der Waals surface area contributed by atoms with Crippen LogP contribution in [0.5, 0.6) is 0 Å². The highest BCUT2D eigenvalue weighted by atomic mass is 16.6. The van der Waals surface area contributed by atoms with Crippen molar-refractivity contribution in [2.45, 2.75) is 53.1 Å². The van der Waals surface area contributed by atoms with E-state index in [1.807, 2.05) is 26.0 Å². The average molecular weight is 374 g/mol. The molecular weight excluding hydrogens is 348 g/mol. The van der Waals surface area contributed by atoms with Crippen molar-refractivity contribution in [3.8, 4) is 0 Å². The summed E-state index contributed by atoms with van der Waals surface area (Å²) in [5.74, 6) is -1.16. The fourth-order valence-electron chi connectivity index (χ4n) is 4.17. The molecule has 2 aliphatic carbocycles. The second kappa shape index (κ2) is 6.98. The summed E-state index contributed by atoms with van der Waals surface area (Å²) in [5, 5.41) is 0. The number of carbonyl (C=O) groups is 3. The molecule has 3 aliphatic rings. The number of rotatable bonds is 4. The zero-order chi connectivity index (χ0) is 19.9. The predicted octanol–water partition coefficient (Wildman–Crippen LogP) is 3.23. The SMILES string of the molecule is CC[C@@H](C)C(=O)O[C@@H]1C2=C(C)C(=O)OC2=C[C@H]2CCC=C(C(=O)OC)[C@@]12C. The molecule has 0 fully saturated rings. The van der Waals surface area contributed by atoms with Crippen molar-refractivity contribution >= 4 is 17.9 Å². The highest BCUT2D eigenvalue weighted by Crippen LogP contribution is 2.55. The number of hydrogen-bond donors (Lipinski definition) is 0. The van der Waals surface area contributed by atoms with Crippen molar-refractivity contribution in [3.05, 3.63) is 34.6 Å².